The Labute approximate surface area is 141 Å². The number of aromatic carboxylic acids is 1. The summed E-state index contributed by atoms with van der Waals surface area (Å²) in [4.78, 5) is 27.6. The van der Waals surface area contributed by atoms with Gasteiger partial charge >= 0.3 is 12.1 Å². The fraction of sp³-hybridized carbons (Fsp3) is 0.235. The molecule has 2 aromatic rings. The zero-order valence-corrected chi connectivity index (χ0v) is 13.5. The first-order valence-electron chi connectivity index (χ1n) is 7.07. The lowest BCUT2D eigenvalue weighted by atomic mass is 9.89. The van der Waals surface area contributed by atoms with Crippen molar-refractivity contribution >= 4 is 11.9 Å². The lowest BCUT2D eigenvalue weighted by Gasteiger charge is -2.21. The van der Waals surface area contributed by atoms with Crippen molar-refractivity contribution in [2.75, 3.05) is 7.11 Å². The average molecular weight is 352 g/mol. The van der Waals surface area contributed by atoms with E-state index in [4.69, 9.17) is 0 Å². The van der Waals surface area contributed by atoms with Crippen molar-refractivity contribution in [1.29, 1.82) is 0 Å². The number of halogens is 3. The number of esters is 1. The molecule has 0 spiro atoms. The summed E-state index contributed by atoms with van der Waals surface area (Å²) in [6.07, 6.45) is -4.75. The monoisotopic (exact) mass is 352 g/mol. The molecule has 8 heteroatoms. The Hall–Kier alpha value is -2.90. The van der Waals surface area contributed by atoms with Gasteiger partial charge in [-0.25, -0.2) is 4.79 Å². The maximum absolute atomic E-state index is 13.4. The highest BCUT2D eigenvalue weighted by atomic mass is 19.4. The van der Waals surface area contributed by atoms with Crippen molar-refractivity contribution in [3.05, 3.63) is 52.3 Å². The van der Waals surface area contributed by atoms with Gasteiger partial charge in [-0.15, -0.1) is 0 Å². The highest BCUT2D eigenvalue weighted by molar-refractivity contribution is 6.06. The van der Waals surface area contributed by atoms with Crippen LogP contribution in [0, 0.1) is 13.8 Å². The maximum Gasteiger partial charge on any atom is 0.417 e. The van der Waals surface area contributed by atoms with Crippen LogP contribution >= 0.6 is 0 Å². The van der Waals surface area contributed by atoms with Gasteiger partial charge in [-0.3, -0.25) is 4.98 Å². The average Bonchev–Trinajstić information content (AvgIpc) is 2.52. The van der Waals surface area contributed by atoms with Crippen LogP contribution in [0.3, 0.4) is 0 Å². The van der Waals surface area contributed by atoms with Gasteiger partial charge in [0.1, 0.15) is 0 Å². The van der Waals surface area contributed by atoms with Gasteiger partial charge in [-0.2, -0.15) is 13.2 Å². The van der Waals surface area contributed by atoms with Crippen molar-refractivity contribution in [1.82, 2.24) is 4.98 Å². The minimum Gasteiger partial charge on any atom is -0.545 e. The van der Waals surface area contributed by atoms with Crippen molar-refractivity contribution in [3.63, 3.8) is 0 Å². The summed E-state index contributed by atoms with van der Waals surface area (Å²) in [6.45, 7) is 2.71. The molecule has 132 valence electrons. The Bertz CT molecular complexity index is 860. The summed E-state index contributed by atoms with van der Waals surface area (Å²) in [7, 11) is 1.04. The second kappa shape index (κ2) is 6.54. The summed E-state index contributed by atoms with van der Waals surface area (Å²) in [6, 6.07) is 4.38. The molecule has 0 aliphatic heterocycles. The predicted octanol–water partition coefficient (Wildman–Crippen LogP) is 2.53. The summed E-state index contributed by atoms with van der Waals surface area (Å²) in [5, 5.41) is 11.6. The Morgan fingerprint density at radius 1 is 1.08 bits per heavy atom. The van der Waals surface area contributed by atoms with Gasteiger partial charge < -0.3 is 14.6 Å². The second-order valence-electron chi connectivity index (χ2n) is 5.23. The third-order valence-electron chi connectivity index (χ3n) is 3.65. The molecule has 0 radical (unpaired) electrons. The zero-order chi connectivity index (χ0) is 18.9. The molecule has 1 aromatic heterocycles. The minimum atomic E-state index is -4.75. The number of nitrogens with zero attached hydrogens (tertiary/aromatic N) is 1. The number of carbonyl (C=O) groups is 2. The van der Waals surface area contributed by atoms with E-state index in [1.54, 1.807) is 0 Å². The molecular formula is C17H13F3NO4-. The molecule has 0 unspecified atom stereocenters. The maximum atomic E-state index is 13.4. The number of benzene rings is 1. The molecule has 0 saturated heterocycles. The first-order chi connectivity index (χ1) is 11.6. The molecular weight excluding hydrogens is 339 g/mol. The van der Waals surface area contributed by atoms with Gasteiger partial charge in [0.05, 0.1) is 29.9 Å². The largest absolute Gasteiger partial charge is 0.545 e. The van der Waals surface area contributed by atoms with Gasteiger partial charge in [0.15, 0.2) is 0 Å². The molecule has 0 amide bonds. The number of carboxylic acid groups (broad SMARTS) is 1. The number of aromatic nitrogens is 1. The number of hydrogen-bond donors (Lipinski definition) is 0. The lowest BCUT2D eigenvalue weighted by Crippen LogP contribution is -2.27. The fourth-order valence-electron chi connectivity index (χ4n) is 2.67. The number of aryl methyl sites for hydroxylation is 2. The van der Waals surface area contributed by atoms with Gasteiger partial charge in [0, 0.05) is 16.8 Å². The summed E-state index contributed by atoms with van der Waals surface area (Å²) < 4.78 is 44.8. The smallest absolute Gasteiger partial charge is 0.417 e. The van der Waals surface area contributed by atoms with E-state index < -0.39 is 40.4 Å². The molecule has 5 nitrogen and oxygen atoms in total. The number of alkyl halides is 3. The third-order valence-corrected chi connectivity index (χ3v) is 3.65. The van der Waals surface area contributed by atoms with Crippen molar-refractivity contribution in [2.24, 2.45) is 0 Å². The number of rotatable bonds is 3. The first-order valence-corrected chi connectivity index (χ1v) is 7.07. The Kier molecular flexibility index (Phi) is 4.82. The van der Waals surface area contributed by atoms with Crippen molar-refractivity contribution in [3.8, 4) is 11.1 Å². The van der Waals surface area contributed by atoms with Gasteiger partial charge in [-0.05, 0) is 25.5 Å². The molecule has 1 aromatic carbocycles. The van der Waals surface area contributed by atoms with Crippen LogP contribution in [-0.2, 0) is 10.9 Å². The molecule has 0 N–H and O–H groups in total. The summed E-state index contributed by atoms with van der Waals surface area (Å²) >= 11 is 0. The molecule has 0 fully saturated rings. The van der Waals surface area contributed by atoms with Gasteiger partial charge in [0.25, 0.3) is 0 Å². The minimum absolute atomic E-state index is 0.0568. The zero-order valence-electron chi connectivity index (χ0n) is 13.5. The van der Waals surface area contributed by atoms with Gasteiger partial charge in [0.2, 0.25) is 0 Å². The Morgan fingerprint density at radius 3 is 2.16 bits per heavy atom. The molecule has 2 rings (SSSR count). The van der Waals surface area contributed by atoms with Crippen LogP contribution in [0.15, 0.2) is 24.3 Å². The van der Waals surface area contributed by atoms with E-state index in [1.165, 1.54) is 26.0 Å². The topological polar surface area (TPSA) is 79.3 Å². The highest BCUT2D eigenvalue weighted by Crippen LogP contribution is 2.40. The number of carboxylic acids is 1. The predicted molar refractivity (Wildman–Crippen MR) is 79.8 cm³/mol. The number of carbonyl (C=O) groups excluding carboxylic acids is 2. The molecule has 0 saturated carbocycles. The SMILES string of the molecule is COC(=O)c1c(C)nc(C)c(C(=O)[O-])c1-c1ccccc1C(F)(F)F. The number of hydrogen-bond acceptors (Lipinski definition) is 5. The molecule has 0 aliphatic rings. The van der Waals surface area contributed by atoms with Crippen LogP contribution in [0.2, 0.25) is 0 Å². The quantitative estimate of drug-likeness (QED) is 0.793. The number of ether oxygens (including phenoxy) is 1. The number of methoxy groups -OCH3 is 1. The van der Waals surface area contributed by atoms with Crippen LogP contribution in [0.25, 0.3) is 11.1 Å². The molecule has 0 atom stereocenters. The van der Waals surface area contributed by atoms with E-state index >= 15 is 0 Å². The van der Waals surface area contributed by atoms with Crippen LogP contribution in [0.4, 0.5) is 13.2 Å². The fourth-order valence-corrected chi connectivity index (χ4v) is 2.67. The van der Waals surface area contributed by atoms with E-state index in [0.717, 1.165) is 19.2 Å². The summed E-state index contributed by atoms with van der Waals surface area (Å²) in [5.74, 6) is -2.72. The van der Waals surface area contributed by atoms with E-state index in [2.05, 4.69) is 9.72 Å². The van der Waals surface area contributed by atoms with E-state index in [1.807, 2.05) is 0 Å². The number of pyridine rings is 1. The van der Waals surface area contributed by atoms with E-state index in [0.29, 0.717) is 0 Å². The molecule has 0 aliphatic carbocycles. The van der Waals surface area contributed by atoms with Crippen LogP contribution in [0.5, 0.6) is 0 Å². The van der Waals surface area contributed by atoms with Crippen LogP contribution in [-0.4, -0.2) is 24.0 Å². The highest BCUT2D eigenvalue weighted by Gasteiger charge is 2.36. The molecule has 25 heavy (non-hydrogen) atoms. The lowest BCUT2D eigenvalue weighted by molar-refractivity contribution is -0.255. The van der Waals surface area contributed by atoms with E-state index in [-0.39, 0.29) is 17.0 Å². The van der Waals surface area contributed by atoms with Crippen LogP contribution < -0.4 is 5.11 Å². The standard InChI is InChI=1S/C17H14F3NO4/c1-8-12(15(22)23)14(13(9(2)21-8)16(24)25-3)10-6-4-5-7-11(10)17(18,19)20/h4-7H,1-3H3,(H,22,23)/p-1. The van der Waals surface area contributed by atoms with E-state index in [9.17, 15) is 27.9 Å². The van der Waals surface area contributed by atoms with Crippen molar-refractivity contribution < 1.29 is 32.6 Å². The van der Waals surface area contributed by atoms with Crippen molar-refractivity contribution in [2.45, 2.75) is 20.0 Å². The Morgan fingerprint density at radius 2 is 1.64 bits per heavy atom. The third kappa shape index (κ3) is 3.33. The summed E-state index contributed by atoms with van der Waals surface area (Å²) in [5.41, 5.74) is -2.87. The normalized spacial score (nSPS) is 11.3. The Balaban J connectivity index is 3.04. The molecule has 1 heterocycles. The first kappa shape index (κ1) is 18.4. The second-order valence-corrected chi connectivity index (χ2v) is 5.23. The molecule has 0 bridgehead atoms. The van der Waals surface area contributed by atoms with Gasteiger partial charge in [-0.1, -0.05) is 18.2 Å². The van der Waals surface area contributed by atoms with Crippen LogP contribution in [0.1, 0.15) is 37.7 Å².